The van der Waals surface area contributed by atoms with Crippen LogP contribution in [0.15, 0.2) is 36.0 Å². The van der Waals surface area contributed by atoms with Crippen molar-refractivity contribution in [2.24, 2.45) is 5.73 Å². The van der Waals surface area contributed by atoms with E-state index >= 15 is 0 Å². The largest absolute Gasteiger partial charge is 0.402 e. The second-order valence-corrected chi connectivity index (χ2v) is 3.99. The summed E-state index contributed by atoms with van der Waals surface area (Å²) in [6, 6.07) is 9.90. The number of nitrogens with two attached hydrogens (primary N) is 1. The Morgan fingerprint density at radius 3 is 2.73 bits per heavy atom. The molecule has 1 aromatic heterocycles. The third kappa shape index (κ3) is 2.41. The first-order valence-corrected chi connectivity index (χ1v) is 5.36. The first kappa shape index (κ1) is 9.86. The van der Waals surface area contributed by atoms with Crippen molar-refractivity contribution in [2.45, 2.75) is 6.92 Å². The molecule has 4 heteroatoms. The lowest BCUT2D eigenvalue weighted by atomic mass is 10.2. The van der Waals surface area contributed by atoms with E-state index in [0.29, 0.717) is 0 Å². The quantitative estimate of drug-likeness (QED) is 0.841. The molecule has 0 saturated heterocycles. The van der Waals surface area contributed by atoms with E-state index in [1.165, 1.54) is 11.5 Å². The Hall–Kier alpha value is -1.68. The van der Waals surface area contributed by atoms with E-state index in [4.69, 9.17) is 5.73 Å². The van der Waals surface area contributed by atoms with Gasteiger partial charge in [0.1, 0.15) is 5.01 Å². The van der Waals surface area contributed by atoms with E-state index in [-0.39, 0.29) is 0 Å². The molecule has 0 amide bonds. The lowest BCUT2D eigenvalue weighted by Gasteiger charge is -1.91. The van der Waals surface area contributed by atoms with Crippen LogP contribution in [0.2, 0.25) is 0 Å². The molecule has 0 aliphatic heterocycles. The zero-order chi connectivity index (χ0) is 10.7. The van der Waals surface area contributed by atoms with Crippen molar-refractivity contribution in [3.63, 3.8) is 0 Å². The minimum absolute atomic E-state index is 0.741. The molecule has 3 nitrogen and oxygen atoms in total. The lowest BCUT2D eigenvalue weighted by molar-refractivity contribution is 1.29. The molecule has 0 saturated carbocycles. The minimum atomic E-state index is 0.741. The molecule has 15 heavy (non-hydrogen) atoms. The molecule has 0 aliphatic carbocycles. The summed E-state index contributed by atoms with van der Waals surface area (Å²) in [4.78, 5) is 4.37. The Bertz CT molecular complexity index is 470. The van der Waals surface area contributed by atoms with Crippen LogP contribution >= 0.6 is 11.5 Å². The van der Waals surface area contributed by atoms with Crippen molar-refractivity contribution in [3.05, 3.63) is 41.0 Å². The summed E-state index contributed by atoms with van der Waals surface area (Å²) >= 11 is 1.36. The summed E-state index contributed by atoms with van der Waals surface area (Å²) in [5, 5.41) is 0.842. The zero-order valence-electron chi connectivity index (χ0n) is 8.34. The Balaban J connectivity index is 2.32. The smallest absolute Gasteiger partial charge is 0.173 e. The highest BCUT2D eigenvalue weighted by molar-refractivity contribution is 7.06. The Morgan fingerprint density at radius 1 is 1.33 bits per heavy atom. The van der Waals surface area contributed by atoms with Crippen LogP contribution in [0.4, 0.5) is 0 Å². The molecule has 0 bridgehead atoms. The van der Waals surface area contributed by atoms with Gasteiger partial charge >= 0.3 is 0 Å². The molecule has 2 N–H and O–H groups in total. The fraction of sp³-hybridized carbons (Fsp3) is 0.0909. The van der Waals surface area contributed by atoms with Gasteiger partial charge in [-0.15, -0.1) is 0 Å². The maximum Gasteiger partial charge on any atom is 0.173 e. The molecular weight excluding hydrogens is 206 g/mol. The summed E-state index contributed by atoms with van der Waals surface area (Å²) in [6.07, 6.45) is 1.82. The van der Waals surface area contributed by atoms with Crippen molar-refractivity contribution >= 4 is 17.6 Å². The third-order valence-corrected chi connectivity index (χ3v) is 2.49. The van der Waals surface area contributed by atoms with Crippen LogP contribution in [0.3, 0.4) is 0 Å². The highest BCUT2D eigenvalue weighted by Gasteiger charge is 2.03. The van der Waals surface area contributed by atoms with Gasteiger partial charge in [0.25, 0.3) is 0 Å². The van der Waals surface area contributed by atoms with E-state index in [0.717, 1.165) is 22.1 Å². The van der Waals surface area contributed by atoms with E-state index < -0.39 is 0 Å². The highest BCUT2D eigenvalue weighted by Crippen LogP contribution is 2.18. The monoisotopic (exact) mass is 217 g/mol. The van der Waals surface area contributed by atoms with Gasteiger partial charge in [-0.1, -0.05) is 30.3 Å². The van der Waals surface area contributed by atoms with Gasteiger partial charge in [-0.05, 0) is 24.5 Å². The SMILES string of the molecule is CC(N)=Cc1nc(-c2ccccc2)ns1. The molecule has 2 rings (SSSR count). The molecular formula is C11H11N3S. The van der Waals surface area contributed by atoms with Gasteiger partial charge < -0.3 is 5.73 Å². The predicted molar refractivity (Wildman–Crippen MR) is 63.2 cm³/mol. The fourth-order valence-electron chi connectivity index (χ4n) is 1.19. The van der Waals surface area contributed by atoms with Crippen LogP contribution in [0.5, 0.6) is 0 Å². The van der Waals surface area contributed by atoms with Crippen LogP contribution in [-0.2, 0) is 0 Å². The second kappa shape index (κ2) is 4.23. The van der Waals surface area contributed by atoms with E-state index in [1.54, 1.807) is 0 Å². The minimum Gasteiger partial charge on any atom is -0.402 e. The average Bonchev–Trinajstić information content (AvgIpc) is 2.67. The second-order valence-electron chi connectivity index (χ2n) is 3.21. The number of aromatic nitrogens is 2. The normalized spacial score (nSPS) is 11.7. The highest BCUT2D eigenvalue weighted by atomic mass is 32.1. The number of rotatable bonds is 2. The van der Waals surface area contributed by atoms with Crippen LogP contribution < -0.4 is 5.73 Å². The van der Waals surface area contributed by atoms with Gasteiger partial charge in [-0.25, -0.2) is 4.98 Å². The van der Waals surface area contributed by atoms with Gasteiger partial charge in [0.05, 0.1) is 0 Å². The van der Waals surface area contributed by atoms with Crippen LogP contribution in [0.1, 0.15) is 11.9 Å². The van der Waals surface area contributed by atoms with Gasteiger partial charge in [0.15, 0.2) is 5.82 Å². The fourth-order valence-corrected chi connectivity index (χ4v) is 1.89. The molecule has 0 aliphatic rings. The van der Waals surface area contributed by atoms with Crippen molar-refractivity contribution < 1.29 is 0 Å². The first-order valence-electron chi connectivity index (χ1n) is 4.58. The number of hydrogen-bond donors (Lipinski definition) is 1. The number of benzene rings is 1. The zero-order valence-corrected chi connectivity index (χ0v) is 9.16. The Kier molecular flexibility index (Phi) is 2.78. The molecule has 2 aromatic rings. The van der Waals surface area contributed by atoms with Gasteiger partial charge in [-0.3, -0.25) is 0 Å². The van der Waals surface area contributed by atoms with Crippen molar-refractivity contribution in [1.82, 2.24) is 9.36 Å². The van der Waals surface area contributed by atoms with Crippen LogP contribution in [-0.4, -0.2) is 9.36 Å². The molecule has 0 unspecified atom stereocenters. The molecule has 1 heterocycles. The first-order chi connectivity index (χ1) is 7.25. The van der Waals surface area contributed by atoms with Crippen molar-refractivity contribution in [3.8, 4) is 11.4 Å². The molecule has 0 radical (unpaired) electrons. The summed E-state index contributed by atoms with van der Waals surface area (Å²) in [5.41, 5.74) is 7.34. The maximum atomic E-state index is 5.57. The van der Waals surface area contributed by atoms with E-state index in [2.05, 4.69) is 9.36 Å². The maximum absolute atomic E-state index is 5.57. The van der Waals surface area contributed by atoms with Gasteiger partial charge in [0.2, 0.25) is 0 Å². The molecule has 0 fully saturated rings. The third-order valence-electron chi connectivity index (χ3n) is 1.82. The van der Waals surface area contributed by atoms with Crippen molar-refractivity contribution in [2.75, 3.05) is 0 Å². The van der Waals surface area contributed by atoms with Gasteiger partial charge in [0, 0.05) is 11.3 Å². The van der Waals surface area contributed by atoms with Gasteiger partial charge in [-0.2, -0.15) is 4.37 Å². The van der Waals surface area contributed by atoms with Crippen molar-refractivity contribution in [1.29, 1.82) is 0 Å². The number of hydrogen-bond acceptors (Lipinski definition) is 4. The Morgan fingerprint density at radius 2 is 2.07 bits per heavy atom. The average molecular weight is 217 g/mol. The molecule has 76 valence electrons. The van der Waals surface area contributed by atoms with Crippen LogP contribution in [0, 0.1) is 0 Å². The molecule has 0 atom stereocenters. The topological polar surface area (TPSA) is 51.8 Å². The lowest BCUT2D eigenvalue weighted by Crippen LogP contribution is -1.89. The summed E-state index contributed by atoms with van der Waals surface area (Å²) in [6.45, 7) is 1.84. The predicted octanol–water partition coefficient (Wildman–Crippen LogP) is 2.52. The van der Waals surface area contributed by atoms with E-state index in [1.807, 2.05) is 43.3 Å². The standard InChI is InChI=1S/C11H11N3S/c1-8(12)7-10-13-11(14-15-10)9-5-3-2-4-6-9/h2-7H,12H2,1H3. The summed E-state index contributed by atoms with van der Waals surface area (Å²) in [5.74, 6) is 0.758. The summed E-state index contributed by atoms with van der Waals surface area (Å²) in [7, 11) is 0. The number of nitrogens with zero attached hydrogens (tertiary/aromatic N) is 2. The summed E-state index contributed by atoms with van der Waals surface area (Å²) < 4.78 is 4.27. The van der Waals surface area contributed by atoms with Crippen LogP contribution in [0.25, 0.3) is 17.5 Å². The molecule has 0 spiro atoms. The Labute approximate surface area is 92.5 Å². The number of allylic oxidation sites excluding steroid dienone is 1. The molecule has 1 aromatic carbocycles. The van der Waals surface area contributed by atoms with E-state index in [9.17, 15) is 0 Å².